The summed E-state index contributed by atoms with van der Waals surface area (Å²) in [7, 11) is 0. The van der Waals surface area contributed by atoms with E-state index < -0.39 is 12.1 Å². The Morgan fingerprint density at radius 1 is 1.11 bits per heavy atom. The summed E-state index contributed by atoms with van der Waals surface area (Å²) in [4.78, 5) is 24.7. The summed E-state index contributed by atoms with van der Waals surface area (Å²) in [5.41, 5.74) is 1.63. The van der Waals surface area contributed by atoms with Gasteiger partial charge in [-0.2, -0.15) is 0 Å². The average molecular weight is 417 g/mol. The van der Waals surface area contributed by atoms with Crippen molar-refractivity contribution in [1.29, 1.82) is 0 Å². The van der Waals surface area contributed by atoms with Crippen molar-refractivity contribution in [2.75, 3.05) is 6.26 Å². The lowest BCUT2D eigenvalue weighted by molar-refractivity contribution is 0.0319. The summed E-state index contributed by atoms with van der Waals surface area (Å²) in [5, 5.41) is 4.41. The van der Waals surface area contributed by atoms with Gasteiger partial charge in [0.1, 0.15) is 0 Å². The highest BCUT2D eigenvalue weighted by Gasteiger charge is 2.20. The molecular weight excluding hydrogens is 400 g/mol. The molecule has 0 fully saturated rings. The Labute approximate surface area is 170 Å². The number of aromatic nitrogens is 2. The second-order valence-corrected chi connectivity index (χ2v) is 8.25. The van der Waals surface area contributed by atoms with Gasteiger partial charge in [0.15, 0.2) is 14.4 Å². The Balaban J connectivity index is 1.71. The van der Waals surface area contributed by atoms with Crippen LogP contribution in [0, 0.1) is 3.95 Å². The highest BCUT2D eigenvalue weighted by atomic mass is 32.2. The number of thioether (sulfide) groups is 1. The van der Waals surface area contributed by atoms with Crippen molar-refractivity contribution in [2.24, 2.45) is 0 Å². The van der Waals surface area contributed by atoms with E-state index in [0.717, 1.165) is 10.0 Å². The molecule has 1 unspecified atom stereocenters. The molecule has 3 aromatic rings. The molecule has 0 amide bonds. The molecule has 2 aromatic carbocycles. The van der Waals surface area contributed by atoms with Crippen LogP contribution in [-0.2, 0) is 4.74 Å². The van der Waals surface area contributed by atoms with Gasteiger partial charge < -0.3 is 4.74 Å². The quantitative estimate of drug-likeness (QED) is 0.249. The molecule has 0 N–H and O–H groups in total. The zero-order chi connectivity index (χ0) is 19.4. The second kappa shape index (κ2) is 8.60. The van der Waals surface area contributed by atoms with E-state index in [-0.39, 0.29) is 5.78 Å². The standard InChI is InChI=1S/C19H16N2O3S3/c1-12(16(22)13-6-4-3-5-7-13)24-17(23)14-8-10-15(11-9-14)21-19(25)27-18(20-21)26-2/h3-12H,1-2H3. The van der Waals surface area contributed by atoms with Gasteiger partial charge >= 0.3 is 5.97 Å². The van der Waals surface area contributed by atoms with Crippen LogP contribution in [0.5, 0.6) is 0 Å². The van der Waals surface area contributed by atoms with Crippen molar-refractivity contribution in [1.82, 2.24) is 9.78 Å². The average Bonchev–Trinajstić information content (AvgIpc) is 3.09. The van der Waals surface area contributed by atoms with Gasteiger partial charge in [0.2, 0.25) is 5.78 Å². The summed E-state index contributed by atoms with van der Waals surface area (Å²) >= 11 is 8.27. The lowest BCUT2D eigenvalue weighted by Crippen LogP contribution is -2.24. The number of hydrogen-bond donors (Lipinski definition) is 0. The summed E-state index contributed by atoms with van der Waals surface area (Å²) in [5.74, 6) is -0.788. The zero-order valence-electron chi connectivity index (χ0n) is 14.6. The van der Waals surface area contributed by atoms with Gasteiger partial charge in [-0.05, 0) is 49.7 Å². The van der Waals surface area contributed by atoms with Gasteiger partial charge in [0.05, 0.1) is 11.3 Å². The second-order valence-electron chi connectivity index (χ2n) is 5.57. The van der Waals surface area contributed by atoms with E-state index in [9.17, 15) is 9.59 Å². The van der Waals surface area contributed by atoms with Gasteiger partial charge in [-0.25, -0.2) is 9.48 Å². The minimum atomic E-state index is -0.865. The first-order chi connectivity index (χ1) is 13.0. The summed E-state index contributed by atoms with van der Waals surface area (Å²) in [6.45, 7) is 1.57. The molecule has 0 spiro atoms. The molecule has 0 aliphatic rings. The molecule has 0 aliphatic carbocycles. The van der Waals surface area contributed by atoms with Gasteiger partial charge in [0.25, 0.3) is 0 Å². The summed E-state index contributed by atoms with van der Waals surface area (Å²) < 4.78 is 8.47. The van der Waals surface area contributed by atoms with Crippen LogP contribution in [0.4, 0.5) is 0 Å². The van der Waals surface area contributed by atoms with E-state index in [1.807, 2.05) is 12.3 Å². The van der Waals surface area contributed by atoms with Crippen molar-refractivity contribution in [3.63, 3.8) is 0 Å². The van der Waals surface area contributed by atoms with E-state index in [1.54, 1.807) is 60.1 Å². The number of ether oxygens (including phenoxy) is 1. The van der Waals surface area contributed by atoms with Crippen LogP contribution in [0.2, 0.25) is 0 Å². The third-order valence-electron chi connectivity index (χ3n) is 3.76. The van der Waals surface area contributed by atoms with E-state index >= 15 is 0 Å². The molecule has 3 rings (SSSR count). The first-order valence-electron chi connectivity index (χ1n) is 8.04. The number of rotatable bonds is 6. The molecule has 0 aliphatic heterocycles. The number of benzene rings is 2. The van der Waals surface area contributed by atoms with Crippen LogP contribution in [0.15, 0.2) is 58.9 Å². The third-order valence-corrected chi connectivity index (χ3v) is 5.97. The summed E-state index contributed by atoms with van der Waals surface area (Å²) in [6, 6.07) is 15.5. The van der Waals surface area contributed by atoms with Gasteiger partial charge in [-0.15, -0.1) is 5.10 Å². The van der Waals surface area contributed by atoms with Gasteiger partial charge in [-0.1, -0.05) is 53.4 Å². The molecule has 8 heteroatoms. The number of Topliss-reactive ketones (excluding diaryl/α,β-unsaturated/α-hetero) is 1. The fraction of sp³-hybridized carbons (Fsp3) is 0.158. The molecule has 138 valence electrons. The van der Waals surface area contributed by atoms with Crippen molar-refractivity contribution in [3.8, 4) is 5.69 Å². The molecule has 0 saturated heterocycles. The molecule has 1 aromatic heterocycles. The van der Waals surface area contributed by atoms with Crippen molar-refractivity contribution in [2.45, 2.75) is 17.4 Å². The number of carbonyl (C=O) groups excluding carboxylic acids is 2. The van der Waals surface area contributed by atoms with Gasteiger partial charge in [0, 0.05) is 5.56 Å². The van der Waals surface area contributed by atoms with Crippen LogP contribution in [0.25, 0.3) is 5.69 Å². The first-order valence-corrected chi connectivity index (χ1v) is 10.5. The predicted octanol–water partition coefficient (Wildman–Crippen LogP) is 4.81. The van der Waals surface area contributed by atoms with Crippen molar-refractivity contribution in [3.05, 3.63) is 69.7 Å². The molecule has 0 radical (unpaired) electrons. The highest BCUT2D eigenvalue weighted by Crippen LogP contribution is 2.22. The van der Waals surface area contributed by atoms with Crippen LogP contribution in [-0.4, -0.2) is 33.9 Å². The van der Waals surface area contributed by atoms with Crippen LogP contribution < -0.4 is 0 Å². The lowest BCUT2D eigenvalue weighted by Gasteiger charge is -2.12. The Hall–Kier alpha value is -2.29. The first kappa shape index (κ1) is 19.5. The molecule has 0 bridgehead atoms. The molecule has 1 heterocycles. The minimum Gasteiger partial charge on any atom is -0.451 e. The third kappa shape index (κ3) is 4.52. The smallest absolute Gasteiger partial charge is 0.338 e. The minimum absolute atomic E-state index is 0.237. The van der Waals surface area contributed by atoms with Crippen LogP contribution >= 0.6 is 35.3 Å². The van der Waals surface area contributed by atoms with E-state index in [4.69, 9.17) is 17.0 Å². The maximum Gasteiger partial charge on any atom is 0.338 e. The lowest BCUT2D eigenvalue weighted by atomic mass is 10.1. The Bertz CT molecular complexity index is 1010. The maximum absolute atomic E-state index is 12.3. The fourth-order valence-corrected chi connectivity index (χ4v) is 4.14. The zero-order valence-corrected chi connectivity index (χ0v) is 17.1. The number of nitrogens with zero attached hydrogens (tertiary/aromatic N) is 2. The largest absolute Gasteiger partial charge is 0.451 e. The monoisotopic (exact) mass is 416 g/mol. The Morgan fingerprint density at radius 3 is 2.37 bits per heavy atom. The SMILES string of the molecule is CSc1nn(-c2ccc(C(=O)OC(C)C(=O)c3ccccc3)cc2)c(=S)s1. The number of esters is 1. The topological polar surface area (TPSA) is 61.2 Å². The van der Waals surface area contributed by atoms with E-state index in [2.05, 4.69) is 5.10 Å². The van der Waals surface area contributed by atoms with Gasteiger partial charge in [-0.3, -0.25) is 4.79 Å². The molecule has 27 heavy (non-hydrogen) atoms. The van der Waals surface area contributed by atoms with Crippen LogP contribution in [0.3, 0.4) is 0 Å². The van der Waals surface area contributed by atoms with E-state index in [0.29, 0.717) is 15.1 Å². The van der Waals surface area contributed by atoms with Crippen LogP contribution in [0.1, 0.15) is 27.6 Å². The summed E-state index contributed by atoms with van der Waals surface area (Å²) in [6.07, 6.45) is 1.07. The molecular formula is C19H16N2O3S3. The number of hydrogen-bond acceptors (Lipinski definition) is 7. The molecule has 1 atom stereocenters. The Morgan fingerprint density at radius 2 is 1.78 bits per heavy atom. The molecule has 5 nitrogen and oxygen atoms in total. The fourth-order valence-electron chi connectivity index (χ4n) is 2.36. The number of ketones is 1. The van der Waals surface area contributed by atoms with E-state index in [1.165, 1.54) is 23.1 Å². The maximum atomic E-state index is 12.3. The van der Waals surface area contributed by atoms with Crippen molar-refractivity contribution >= 4 is 47.1 Å². The molecule has 0 saturated carbocycles. The number of carbonyl (C=O) groups is 2. The highest BCUT2D eigenvalue weighted by molar-refractivity contribution is 8.00. The van der Waals surface area contributed by atoms with Crippen molar-refractivity contribution < 1.29 is 14.3 Å². The predicted molar refractivity (Wildman–Crippen MR) is 110 cm³/mol. The Kier molecular flexibility index (Phi) is 6.20. The normalized spacial score (nSPS) is 11.8.